The fourth-order valence-electron chi connectivity index (χ4n) is 1.62. The highest BCUT2D eigenvalue weighted by Gasteiger charge is 2.28. The van der Waals surface area contributed by atoms with Crippen molar-refractivity contribution in [2.24, 2.45) is 5.73 Å². The van der Waals surface area contributed by atoms with E-state index in [0.717, 1.165) is 0 Å². The molecule has 0 spiro atoms. The Balaban J connectivity index is 4.73. The summed E-state index contributed by atoms with van der Waals surface area (Å²) < 4.78 is 0. The van der Waals surface area contributed by atoms with Crippen molar-refractivity contribution in [3.05, 3.63) is 0 Å². The van der Waals surface area contributed by atoms with Crippen LogP contribution in [0, 0.1) is 0 Å². The molecule has 0 saturated carbocycles. The van der Waals surface area contributed by atoms with E-state index < -0.39 is 66.9 Å². The van der Waals surface area contributed by atoms with Gasteiger partial charge in [-0.15, -0.1) is 0 Å². The molecule has 0 saturated heterocycles. The van der Waals surface area contributed by atoms with E-state index >= 15 is 0 Å². The van der Waals surface area contributed by atoms with Gasteiger partial charge in [0.1, 0.15) is 18.1 Å². The smallest absolute Gasteiger partial charge is 0.327 e. The molecule has 4 unspecified atom stereocenters. The Bertz CT molecular complexity index is 558. The second-order valence-electron chi connectivity index (χ2n) is 5.26. The van der Waals surface area contributed by atoms with Crippen LogP contribution >= 0.6 is 12.6 Å². The Morgan fingerprint density at radius 1 is 0.962 bits per heavy atom. The second kappa shape index (κ2) is 11.3. The van der Waals surface area contributed by atoms with Gasteiger partial charge in [0.05, 0.1) is 19.1 Å². The summed E-state index contributed by atoms with van der Waals surface area (Å²) in [4.78, 5) is 56.9. The van der Waals surface area contributed by atoms with Crippen LogP contribution in [0.2, 0.25) is 0 Å². The lowest BCUT2D eigenvalue weighted by Gasteiger charge is -2.22. The van der Waals surface area contributed by atoms with Crippen molar-refractivity contribution in [2.45, 2.75) is 37.5 Å². The summed E-state index contributed by atoms with van der Waals surface area (Å²) in [6.45, 7) is 0.427. The summed E-state index contributed by atoms with van der Waals surface area (Å²) >= 11 is 3.76. The number of hydrogen-bond acceptors (Lipinski definition) is 8. The molecule has 0 heterocycles. The van der Waals surface area contributed by atoms with Crippen LogP contribution in [-0.4, -0.2) is 81.5 Å². The van der Waals surface area contributed by atoms with Crippen LogP contribution in [0.4, 0.5) is 0 Å². The standard InChI is InChI=1S/C13H22N4O8S/c1-5(15-11(22)6(14)2-9(19)20)10(21)16-7(3-18)12(23)17-8(4-26)13(24)25/h5-8,18,26H,2-4,14H2,1H3,(H,15,22)(H,16,21)(H,17,23)(H,19,20)(H,24,25). The van der Waals surface area contributed by atoms with E-state index in [-0.39, 0.29) is 5.75 Å². The highest BCUT2D eigenvalue weighted by Crippen LogP contribution is 1.95. The first kappa shape index (κ1) is 23.6. The van der Waals surface area contributed by atoms with Crippen LogP contribution < -0.4 is 21.7 Å². The number of carboxylic acids is 2. The number of nitrogens with two attached hydrogens (primary N) is 1. The molecule has 0 rings (SSSR count). The number of aliphatic hydroxyl groups is 1. The minimum Gasteiger partial charge on any atom is -0.481 e. The Morgan fingerprint density at radius 2 is 1.50 bits per heavy atom. The van der Waals surface area contributed by atoms with E-state index in [9.17, 15) is 29.1 Å². The van der Waals surface area contributed by atoms with E-state index in [1.807, 2.05) is 0 Å². The van der Waals surface area contributed by atoms with E-state index in [4.69, 9.17) is 15.9 Å². The predicted octanol–water partition coefficient (Wildman–Crippen LogP) is -3.73. The first-order valence-electron chi connectivity index (χ1n) is 7.36. The van der Waals surface area contributed by atoms with Gasteiger partial charge in [-0.1, -0.05) is 0 Å². The van der Waals surface area contributed by atoms with Gasteiger partial charge in [0.2, 0.25) is 17.7 Å². The molecule has 0 aromatic rings. The molecule has 4 atom stereocenters. The number of hydrogen-bond donors (Lipinski definition) is 8. The zero-order valence-corrected chi connectivity index (χ0v) is 14.7. The van der Waals surface area contributed by atoms with Crippen molar-refractivity contribution >= 4 is 42.3 Å². The molecule has 0 aliphatic carbocycles. The van der Waals surface area contributed by atoms with Crippen LogP contribution in [0.15, 0.2) is 0 Å². The average Bonchev–Trinajstić information content (AvgIpc) is 2.55. The van der Waals surface area contributed by atoms with Crippen molar-refractivity contribution in [1.82, 2.24) is 16.0 Å². The van der Waals surface area contributed by atoms with Gasteiger partial charge in [-0.25, -0.2) is 4.79 Å². The fraction of sp³-hybridized carbons (Fsp3) is 0.615. The van der Waals surface area contributed by atoms with E-state index in [2.05, 4.69) is 28.6 Å². The van der Waals surface area contributed by atoms with Gasteiger partial charge in [-0.3, -0.25) is 19.2 Å². The molecule has 13 heteroatoms. The molecule has 0 aromatic heterocycles. The lowest BCUT2D eigenvalue weighted by atomic mass is 10.2. The summed E-state index contributed by atoms with van der Waals surface area (Å²) in [6.07, 6.45) is -0.637. The molecule has 12 nitrogen and oxygen atoms in total. The number of carbonyl (C=O) groups is 5. The van der Waals surface area contributed by atoms with E-state index in [1.54, 1.807) is 0 Å². The molecule has 0 aliphatic rings. The molecule has 148 valence electrons. The van der Waals surface area contributed by atoms with E-state index in [0.29, 0.717) is 0 Å². The number of aliphatic carboxylic acids is 2. The Hall–Kier alpha value is -2.38. The molecule has 26 heavy (non-hydrogen) atoms. The zero-order chi connectivity index (χ0) is 20.4. The molecule has 3 amide bonds. The molecular formula is C13H22N4O8S. The van der Waals surface area contributed by atoms with Crippen LogP contribution in [0.3, 0.4) is 0 Å². The van der Waals surface area contributed by atoms with Crippen molar-refractivity contribution in [2.75, 3.05) is 12.4 Å². The minimum absolute atomic E-state index is 0.207. The van der Waals surface area contributed by atoms with Crippen LogP contribution in [-0.2, 0) is 24.0 Å². The Morgan fingerprint density at radius 3 is 1.92 bits per heavy atom. The maximum atomic E-state index is 12.0. The number of carbonyl (C=O) groups excluding carboxylic acids is 3. The topological polar surface area (TPSA) is 208 Å². The van der Waals surface area contributed by atoms with Gasteiger partial charge >= 0.3 is 11.9 Å². The van der Waals surface area contributed by atoms with Crippen molar-refractivity contribution in [3.63, 3.8) is 0 Å². The third kappa shape index (κ3) is 8.13. The fourth-order valence-corrected chi connectivity index (χ4v) is 1.86. The van der Waals surface area contributed by atoms with E-state index in [1.165, 1.54) is 6.92 Å². The van der Waals surface area contributed by atoms with Gasteiger partial charge in [0, 0.05) is 5.75 Å². The summed E-state index contributed by atoms with van der Waals surface area (Å²) in [5.74, 6) is -5.55. The highest BCUT2D eigenvalue weighted by atomic mass is 32.1. The monoisotopic (exact) mass is 394 g/mol. The van der Waals surface area contributed by atoms with Crippen LogP contribution in [0.25, 0.3) is 0 Å². The van der Waals surface area contributed by atoms with Gasteiger partial charge < -0.3 is 37.0 Å². The maximum Gasteiger partial charge on any atom is 0.327 e. The second-order valence-corrected chi connectivity index (χ2v) is 5.63. The third-order valence-electron chi connectivity index (χ3n) is 3.10. The SMILES string of the molecule is CC(NC(=O)C(N)CC(=O)O)C(=O)NC(CO)C(=O)NC(CS)C(=O)O. The third-order valence-corrected chi connectivity index (χ3v) is 3.46. The van der Waals surface area contributed by atoms with Crippen LogP contribution in [0.1, 0.15) is 13.3 Å². The molecule has 0 radical (unpaired) electrons. The minimum atomic E-state index is -1.46. The largest absolute Gasteiger partial charge is 0.481 e. The summed E-state index contributed by atoms with van der Waals surface area (Å²) in [6, 6.07) is -5.34. The van der Waals surface area contributed by atoms with Gasteiger partial charge in [-0.2, -0.15) is 12.6 Å². The first-order valence-corrected chi connectivity index (χ1v) is 7.99. The Kier molecular flexibility index (Phi) is 10.2. The quantitative estimate of drug-likeness (QED) is 0.162. The predicted molar refractivity (Wildman–Crippen MR) is 90.3 cm³/mol. The maximum absolute atomic E-state index is 12.0. The number of rotatable bonds is 11. The average molecular weight is 394 g/mol. The molecule has 0 aromatic carbocycles. The highest BCUT2D eigenvalue weighted by molar-refractivity contribution is 7.80. The number of aliphatic hydroxyl groups excluding tert-OH is 1. The number of thiol groups is 1. The van der Waals surface area contributed by atoms with Gasteiger partial charge in [0.15, 0.2) is 0 Å². The summed E-state index contributed by atoms with van der Waals surface area (Å²) in [5.41, 5.74) is 5.35. The lowest BCUT2D eigenvalue weighted by molar-refractivity contribution is -0.141. The van der Waals surface area contributed by atoms with Gasteiger partial charge in [0.25, 0.3) is 0 Å². The number of nitrogens with one attached hydrogen (secondary N) is 3. The number of carboxylic acid groups (broad SMARTS) is 2. The van der Waals surface area contributed by atoms with Crippen molar-refractivity contribution in [3.8, 4) is 0 Å². The number of amides is 3. The van der Waals surface area contributed by atoms with Crippen LogP contribution in [0.5, 0.6) is 0 Å². The van der Waals surface area contributed by atoms with Crippen molar-refractivity contribution in [1.29, 1.82) is 0 Å². The molecule has 0 bridgehead atoms. The Labute approximate surface area is 153 Å². The zero-order valence-electron chi connectivity index (χ0n) is 13.8. The molecule has 0 fully saturated rings. The molecule has 8 N–H and O–H groups in total. The normalized spacial score (nSPS) is 15.1. The van der Waals surface area contributed by atoms with Gasteiger partial charge in [-0.05, 0) is 6.92 Å². The van der Waals surface area contributed by atoms with Crippen molar-refractivity contribution < 1.29 is 39.3 Å². The lowest BCUT2D eigenvalue weighted by Crippen LogP contribution is -2.57. The first-order chi connectivity index (χ1) is 12.0. The molecular weight excluding hydrogens is 372 g/mol. The molecule has 0 aliphatic heterocycles. The summed E-state index contributed by atoms with van der Waals surface area (Å²) in [5, 5.41) is 33.0. The summed E-state index contributed by atoms with van der Waals surface area (Å²) in [7, 11) is 0.